The predicted molar refractivity (Wildman–Crippen MR) is 67.0 cm³/mol. The summed E-state index contributed by atoms with van der Waals surface area (Å²) < 4.78 is 46.5. The summed E-state index contributed by atoms with van der Waals surface area (Å²) in [6.07, 6.45) is -4.09. The molecule has 2 atom stereocenters. The van der Waals surface area contributed by atoms with Gasteiger partial charge in [0.2, 0.25) is 0 Å². The molecule has 4 nitrogen and oxygen atoms in total. The number of halogens is 3. The van der Waals surface area contributed by atoms with E-state index in [4.69, 9.17) is 9.84 Å². The van der Waals surface area contributed by atoms with Crippen LogP contribution in [0.15, 0.2) is 24.3 Å². The molecule has 1 aliphatic rings. The molecular formula is C14H15F3O4. The second-order valence-corrected chi connectivity index (χ2v) is 4.90. The Morgan fingerprint density at radius 1 is 1.43 bits per heavy atom. The van der Waals surface area contributed by atoms with Crippen molar-refractivity contribution in [3.05, 3.63) is 29.8 Å². The van der Waals surface area contributed by atoms with Crippen LogP contribution in [0.4, 0.5) is 13.2 Å². The smallest absolute Gasteiger partial charge is 0.422 e. The summed E-state index contributed by atoms with van der Waals surface area (Å²) in [6, 6.07) is 6.14. The lowest BCUT2D eigenvalue weighted by Gasteiger charge is -2.27. The van der Waals surface area contributed by atoms with E-state index in [1.54, 1.807) is 12.1 Å². The van der Waals surface area contributed by atoms with Crippen LogP contribution in [0.2, 0.25) is 0 Å². The summed E-state index contributed by atoms with van der Waals surface area (Å²) in [5.74, 6) is -1.29. The molecule has 21 heavy (non-hydrogen) atoms. The molecule has 1 N–H and O–H groups in total. The molecule has 0 aromatic heterocycles. The van der Waals surface area contributed by atoms with Crippen molar-refractivity contribution in [3.8, 4) is 5.75 Å². The molecule has 0 saturated carbocycles. The van der Waals surface area contributed by atoms with Crippen LogP contribution in [-0.4, -0.2) is 30.5 Å². The van der Waals surface area contributed by atoms with Crippen LogP contribution in [0.1, 0.15) is 24.5 Å². The van der Waals surface area contributed by atoms with Crippen LogP contribution in [0.5, 0.6) is 5.75 Å². The Bertz CT molecular complexity index is 501. The highest BCUT2D eigenvalue weighted by atomic mass is 19.4. The summed E-state index contributed by atoms with van der Waals surface area (Å²) in [6.45, 7) is -1.05. The van der Waals surface area contributed by atoms with Gasteiger partial charge in [-0.1, -0.05) is 12.1 Å². The number of alkyl halides is 3. The third kappa shape index (κ3) is 4.63. The molecule has 2 rings (SSSR count). The van der Waals surface area contributed by atoms with Gasteiger partial charge in [0.05, 0.1) is 12.0 Å². The van der Waals surface area contributed by atoms with E-state index in [1.807, 2.05) is 0 Å². The first-order chi connectivity index (χ1) is 9.85. The Kier molecular flexibility index (Phi) is 4.72. The molecule has 2 unspecified atom stereocenters. The van der Waals surface area contributed by atoms with Crippen LogP contribution in [-0.2, 0) is 9.53 Å². The largest absolute Gasteiger partial charge is 0.484 e. The number of rotatable bonds is 4. The maximum Gasteiger partial charge on any atom is 0.422 e. The van der Waals surface area contributed by atoms with Gasteiger partial charge < -0.3 is 14.6 Å². The van der Waals surface area contributed by atoms with Crippen molar-refractivity contribution < 1.29 is 32.5 Å². The highest BCUT2D eigenvalue weighted by Crippen LogP contribution is 2.33. The third-order valence-corrected chi connectivity index (χ3v) is 3.27. The van der Waals surface area contributed by atoms with E-state index in [9.17, 15) is 18.0 Å². The number of aliphatic carboxylic acids is 1. The fraction of sp³-hybridized carbons (Fsp3) is 0.500. The fourth-order valence-electron chi connectivity index (χ4n) is 2.22. The van der Waals surface area contributed by atoms with E-state index in [-0.39, 0.29) is 5.75 Å². The average Bonchev–Trinajstić information content (AvgIpc) is 2.45. The lowest BCUT2D eigenvalue weighted by Crippen LogP contribution is -2.25. The van der Waals surface area contributed by atoms with Gasteiger partial charge in [-0.15, -0.1) is 0 Å². The Hall–Kier alpha value is -1.76. The van der Waals surface area contributed by atoms with E-state index < -0.39 is 30.8 Å². The SMILES string of the molecule is O=C(O)C1CCOC(c2cccc(OCC(F)(F)F)c2)C1. The van der Waals surface area contributed by atoms with Crippen molar-refractivity contribution in [1.82, 2.24) is 0 Å². The minimum Gasteiger partial charge on any atom is -0.484 e. The molecule has 0 bridgehead atoms. The minimum absolute atomic E-state index is 0.0888. The van der Waals surface area contributed by atoms with E-state index >= 15 is 0 Å². The summed E-state index contributed by atoms with van der Waals surface area (Å²) in [4.78, 5) is 11.0. The summed E-state index contributed by atoms with van der Waals surface area (Å²) in [7, 11) is 0. The highest BCUT2D eigenvalue weighted by Gasteiger charge is 2.30. The molecule has 1 saturated heterocycles. The molecule has 0 amide bonds. The first-order valence-corrected chi connectivity index (χ1v) is 6.49. The fourth-order valence-corrected chi connectivity index (χ4v) is 2.22. The first kappa shape index (κ1) is 15.6. The van der Waals surface area contributed by atoms with Crippen molar-refractivity contribution >= 4 is 5.97 Å². The van der Waals surface area contributed by atoms with Crippen molar-refractivity contribution in [1.29, 1.82) is 0 Å². The standard InChI is InChI=1S/C14H15F3O4/c15-14(16,17)8-21-11-3-1-2-9(6-11)12-7-10(13(18)19)4-5-20-12/h1-3,6,10,12H,4-5,7-8H2,(H,18,19). The van der Waals surface area contributed by atoms with E-state index in [0.717, 1.165) is 0 Å². The lowest BCUT2D eigenvalue weighted by atomic mass is 9.92. The average molecular weight is 304 g/mol. The van der Waals surface area contributed by atoms with E-state index in [2.05, 4.69) is 4.74 Å². The van der Waals surface area contributed by atoms with Gasteiger partial charge in [-0.3, -0.25) is 4.79 Å². The van der Waals surface area contributed by atoms with Crippen molar-refractivity contribution in [2.75, 3.05) is 13.2 Å². The van der Waals surface area contributed by atoms with Gasteiger partial charge in [-0.2, -0.15) is 13.2 Å². The summed E-state index contributed by atoms with van der Waals surface area (Å²) in [5.41, 5.74) is 0.626. The lowest BCUT2D eigenvalue weighted by molar-refractivity contribution is -0.153. The topological polar surface area (TPSA) is 55.8 Å². The monoisotopic (exact) mass is 304 g/mol. The quantitative estimate of drug-likeness (QED) is 0.928. The number of ether oxygens (including phenoxy) is 2. The molecule has 1 heterocycles. The molecule has 116 valence electrons. The zero-order chi connectivity index (χ0) is 15.5. The highest BCUT2D eigenvalue weighted by molar-refractivity contribution is 5.70. The Morgan fingerprint density at radius 2 is 2.19 bits per heavy atom. The van der Waals surface area contributed by atoms with Crippen LogP contribution in [0.25, 0.3) is 0 Å². The molecular weight excluding hydrogens is 289 g/mol. The van der Waals surface area contributed by atoms with E-state index in [0.29, 0.717) is 25.0 Å². The van der Waals surface area contributed by atoms with Crippen LogP contribution >= 0.6 is 0 Å². The van der Waals surface area contributed by atoms with E-state index in [1.165, 1.54) is 12.1 Å². The van der Waals surface area contributed by atoms with Gasteiger partial charge in [0.15, 0.2) is 6.61 Å². The van der Waals surface area contributed by atoms with Gasteiger partial charge in [-0.05, 0) is 30.5 Å². The van der Waals surface area contributed by atoms with Crippen molar-refractivity contribution in [3.63, 3.8) is 0 Å². The Labute approximate surface area is 119 Å². The van der Waals surface area contributed by atoms with Gasteiger partial charge >= 0.3 is 12.1 Å². The summed E-state index contributed by atoms with van der Waals surface area (Å²) in [5, 5.41) is 9.03. The third-order valence-electron chi connectivity index (χ3n) is 3.27. The van der Waals surface area contributed by atoms with Crippen LogP contribution < -0.4 is 4.74 Å². The number of benzene rings is 1. The second kappa shape index (κ2) is 6.34. The van der Waals surface area contributed by atoms with Crippen molar-refractivity contribution in [2.45, 2.75) is 25.1 Å². The number of carboxylic acid groups (broad SMARTS) is 1. The first-order valence-electron chi connectivity index (χ1n) is 6.49. The van der Waals surface area contributed by atoms with Gasteiger partial charge in [0.25, 0.3) is 0 Å². The number of carbonyl (C=O) groups is 1. The van der Waals surface area contributed by atoms with Gasteiger partial charge in [0, 0.05) is 6.61 Å². The summed E-state index contributed by atoms with van der Waals surface area (Å²) >= 11 is 0. The number of hydrogen-bond donors (Lipinski definition) is 1. The number of carboxylic acids is 1. The molecule has 1 aliphatic heterocycles. The zero-order valence-corrected chi connectivity index (χ0v) is 11.1. The van der Waals surface area contributed by atoms with Crippen molar-refractivity contribution in [2.24, 2.45) is 5.92 Å². The molecule has 1 aromatic carbocycles. The predicted octanol–water partition coefficient (Wildman–Crippen LogP) is 3.18. The Morgan fingerprint density at radius 3 is 2.86 bits per heavy atom. The maximum absolute atomic E-state index is 12.1. The Balaban J connectivity index is 2.04. The van der Waals surface area contributed by atoms with Gasteiger partial charge in [0.1, 0.15) is 5.75 Å². The zero-order valence-electron chi connectivity index (χ0n) is 11.1. The maximum atomic E-state index is 12.1. The second-order valence-electron chi connectivity index (χ2n) is 4.90. The number of hydrogen-bond acceptors (Lipinski definition) is 3. The molecule has 7 heteroatoms. The normalized spacial score (nSPS) is 22.8. The molecule has 0 spiro atoms. The minimum atomic E-state index is -4.40. The van der Waals surface area contributed by atoms with Crippen LogP contribution in [0.3, 0.4) is 0 Å². The molecule has 1 aromatic rings. The molecule has 0 radical (unpaired) electrons. The van der Waals surface area contributed by atoms with Crippen LogP contribution in [0, 0.1) is 5.92 Å². The van der Waals surface area contributed by atoms with Gasteiger partial charge in [-0.25, -0.2) is 0 Å². The molecule has 0 aliphatic carbocycles. The molecule has 1 fully saturated rings.